The van der Waals surface area contributed by atoms with Gasteiger partial charge < -0.3 is 5.32 Å². The summed E-state index contributed by atoms with van der Waals surface area (Å²) in [4.78, 5) is 2.23. The Balaban J connectivity index is 2.46. The minimum atomic E-state index is -4.02. The smallest absolute Gasteiger partial charge is 0.309 e. The van der Waals surface area contributed by atoms with Crippen LogP contribution in [-0.4, -0.2) is 42.3 Å². The Hall–Kier alpha value is -0.290. The third kappa shape index (κ3) is 5.57. The molecule has 1 N–H and O–H groups in total. The molecular formula is C13H25F3N2. The van der Waals surface area contributed by atoms with Crippen molar-refractivity contribution < 1.29 is 13.2 Å². The number of nitrogens with one attached hydrogen (secondary N) is 1. The van der Waals surface area contributed by atoms with Crippen LogP contribution in [0.1, 0.15) is 46.5 Å². The molecule has 0 aromatic rings. The van der Waals surface area contributed by atoms with Crippen LogP contribution in [0.2, 0.25) is 0 Å². The van der Waals surface area contributed by atoms with Gasteiger partial charge in [0, 0.05) is 31.1 Å². The summed E-state index contributed by atoms with van der Waals surface area (Å²) in [5.41, 5.74) is 0.00245. The quantitative estimate of drug-likeness (QED) is 0.822. The van der Waals surface area contributed by atoms with Gasteiger partial charge in [0.2, 0.25) is 0 Å². The maximum Gasteiger partial charge on any atom is 0.389 e. The number of halogens is 3. The SMILES string of the molecule is CCCC1CNC(C)(C)CN1CCCC(F)(F)F. The summed E-state index contributed by atoms with van der Waals surface area (Å²) in [6.07, 6.45) is -2.36. The minimum Gasteiger partial charge on any atom is -0.309 e. The minimum absolute atomic E-state index is 0.00245. The van der Waals surface area contributed by atoms with Crippen molar-refractivity contribution in [3.63, 3.8) is 0 Å². The highest BCUT2D eigenvalue weighted by Gasteiger charge is 2.33. The van der Waals surface area contributed by atoms with E-state index in [4.69, 9.17) is 0 Å². The van der Waals surface area contributed by atoms with E-state index in [9.17, 15) is 13.2 Å². The first-order chi connectivity index (χ1) is 8.23. The maximum absolute atomic E-state index is 12.2. The number of hydrogen-bond donors (Lipinski definition) is 1. The van der Waals surface area contributed by atoms with Gasteiger partial charge in [-0.25, -0.2) is 0 Å². The lowest BCUT2D eigenvalue weighted by Crippen LogP contribution is -2.61. The molecular weight excluding hydrogens is 241 g/mol. The molecule has 18 heavy (non-hydrogen) atoms. The van der Waals surface area contributed by atoms with Crippen LogP contribution in [0, 0.1) is 0 Å². The highest BCUT2D eigenvalue weighted by Crippen LogP contribution is 2.23. The molecule has 0 aromatic heterocycles. The molecule has 5 heteroatoms. The van der Waals surface area contributed by atoms with Gasteiger partial charge in [0.25, 0.3) is 0 Å². The van der Waals surface area contributed by atoms with Crippen molar-refractivity contribution in [3.8, 4) is 0 Å². The zero-order chi connectivity index (χ0) is 13.8. The molecule has 1 atom stereocenters. The average Bonchev–Trinajstić information content (AvgIpc) is 2.20. The molecule has 1 unspecified atom stereocenters. The molecule has 108 valence electrons. The lowest BCUT2D eigenvalue weighted by atomic mass is 9.96. The highest BCUT2D eigenvalue weighted by molar-refractivity contribution is 4.91. The molecule has 1 fully saturated rings. The molecule has 0 aromatic carbocycles. The second kappa shape index (κ2) is 6.24. The number of alkyl halides is 3. The zero-order valence-corrected chi connectivity index (χ0v) is 11.6. The van der Waals surface area contributed by atoms with Crippen molar-refractivity contribution in [1.29, 1.82) is 0 Å². The fraction of sp³-hybridized carbons (Fsp3) is 1.00. The summed E-state index contributed by atoms with van der Waals surface area (Å²) in [6.45, 7) is 8.59. The lowest BCUT2D eigenvalue weighted by Gasteiger charge is -2.45. The normalized spacial score (nSPS) is 25.3. The average molecular weight is 266 g/mol. The summed E-state index contributed by atoms with van der Waals surface area (Å²) in [6, 6.07) is 0.385. The number of piperazine rings is 1. The third-order valence-electron chi connectivity index (χ3n) is 3.46. The Morgan fingerprint density at radius 2 is 2.00 bits per heavy atom. The predicted octanol–water partition coefficient (Wildman–Crippen LogP) is 3.18. The summed E-state index contributed by atoms with van der Waals surface area (Å²) >= 11 is 0. The van der Waals surface area contributed by atoms with E-state index in [-0.39, 0.29) is 12.0 Å². The largest absolute Gasteiger partial charge is 0.389 e. The molecule has 0 aliphatic carbocycles. The first kappa shape index (κ1) is 15.8. The van der Waals surface area contributed by atoms with E-state index in [1.54, 1.807) is 0 Å². The van der Waals surface area contributed by atoms with Gasteiger partial charge in [0.05, 0.1) is 0 Å². The van der Waals surface area contributed by atoms with E-state index in [1.165, 1.54) is 0 Å². The van der Waals surface area contributed by atoms with Gasteiger partial charge in [-0.3, -0.25) is 4.90 Å². The van der Waals surface area contributed by atoms with E-state index >= 15 is 0 Å². The molecule has 1 rings (SSSR count). The highest BCUT2D eigenvalue weighted by atomic mass is 19.4. The summed E-state index contributed by atoms with van der Waals surface area (Å²) in [5, 5.41) is 3.47. The second-order valence-corrected chi connectivity index (χ2v) is 5.90. The van der Waals surface area contributed by atoms with E-state index in [1.807, 2.05) is 0 Å². The monoisotopic (exact) mass is 266 g/mol. The van der Waals surface area contributed by atoms with Crippen molar-refractivity contribution in [2.75, 3.05) is 19.6 Å². The third-order valence-corrected chi connectivity index (χ3v) is 3.46. The van der Waals surface area contributed by atoms with Crippen LogP contribution >= 0.6 is 0 Å². The maximum atomic E-state index is 12.2. The van der Waals surface area contributed by atoms with Crippen LogP contribution in [0.15, 0.2) is 0 Å². The molecule has 1 saturated heterocycles. The zero-order valence-electron chi connectivity index (χ0n) is 11.6. The van der Waals surface area contributed by atoms with E-state index in [2.05, 4.69) is 31.0 Å². The predicted molar refractivity (Wildman–Crippen MR) is 67.6 cm³/mol. The molecule has 0 radical (unpaired) electrons. The van der Waals surface area contributed by atoms with Crippen LogP contribution in [0.4, 0.5) is 13.2 Å². The summed E-state index contributed by atoms with van der Waals surface area (Å²) < 4.78 is 36.5. The van der Waals surface area contributed by atoms with Crippen molar-refractivity contribution in [2.24, 2.45) is 0 Å². The number of hydrogen-bond acceptors (Lipinski definition) is 2. The molecule has 0 saturated carbocycles. The van der Waals surface area contributed by atoms with Gasteiger partial charge >= 0.3 is 6.18 Å². The van der Waals surface area contributed by atoms with E-state index in [0.717, 1.165) is 25.9 Å². The van der Waals surface area contributed by atoms with Crippen LogP contribution < -0.4 is 5.32 Å². The second-order valence-electron chi connectivity index (χ2n) is 5.90. The molecule has 1 aliphatic rings. The van der Waals surface area contributed by atoms with Crippen molar-refractivity contribution in [3.05, 3.63) is 0 Å². The first-order valence-electron chi connectivity index (χ1n) is 6.79. The van der Waals surface area contributed by atoms with Gasteiger partial charge in [0.15, 0.2) is 0 Å². The van der Waals surface area contributed by atoms with Gasteiger partial charge in [-0.15, -0.1) is 0 Å². The van der Waals surface area contributed by atoms with Gasteiger partial charge in [-0.05, 0) is 33.2 Å². The van der Waals surface area contributed by atoms with Gasteiger partial charge in [-0.1, -0.05) is 13.3 Å². The van der Waals surface area contributed by atoms with Crippen LogP contribution in [0.5, 0.6) is 0 Å². The Labute approximate surface area is 108 Å². The molecule has 0 bridgehead atoms. The van der Waals surface area contributed by atoms with Crippen LogP contribution in [0.3, 0.4) is 0 Å². The van der Waals surface area contributed by atoms with Crippen LogP contribution in [0.25, 0.3) is 0 Å². The first-order valence-corrected chi connectivity index (χ1v) is 6.79. The van der Waals surface area contributed by atoms with E-state index in [0.29, 0.717) is 12.6 Å². The Kier molecular flexibility index (Phi) is 5.46. The van der Waals surface area contributed by atoms with Gasteiger partial charge in [-0.2, -0.15) is 13.2 Å². The van der Waals surface area contributed by atoms with Gasteiger partial charge in [0.1, 0.15) is 0 Å². The molecule has 0 spiro atoms. The Morgan fingerprint density at radius 3 is 2.56 bits per heavy atom. The number of nitrogens with zero attached hydrogens (tertiary/aromatic N) is 1. The summed E-state index contributed by atoms with van der Waals surface area (Å²) in [7, 11) is 0. The standard InChI is InChI=1S/C13H25F3N2/c1-4-6-11-9-17-12(2,3)10-18(11)8-5-7-13(14,15)16/h11,17H,4-10H2,1-3H3. The summed E-state index contributed by atoms with van der Waals surface area (Å²) in [5.74, 6) is 0. The topological polar surface area (TPSA) is 15.3 Å². The number of rotatable bonds is 5. The fourth-order valence-corrected chi connectivity index (χ4v) is 2.58. The van der Waals surface area contributed by atoms with Crippen molar-refractivity contribution in [1.82, 2.24) is 10.2 Å². The molecule has 1 aliphatic heterocycles. The fourth-order valence-electron chi connectivity index (χ4n) is 2.58. The van der Waals surface area contributed by atoms with Crippen molar-refractivity contribution in [2.45, 2.75) is 64.2 Å². The Morgan fingerprint density at radius 1 is 1.33 bits per heavy atom. The van der Waals surface area contributed by atoms with E-state index < -0.39 is 12.6 Å². The lowest BCUT2D eigenvalue weighted by molar-refractivity contribution is -0.136. The molecule has 0 amide bonds. The molecule has 2 nitrogen and oxygen atoms in total. The molecule has 1 heterocycles. The van der Waals surface area contributed by atoms with Crippen LogP contribution in [-0.2, 0) is 0 Å². The Bertz CT molecular complexity index is 251. The van der Waals surface area contributed by atoms with Crippen molar-refractivity contribution >= 4 is 0 Å².